The van der Waals surface area contributed by atoms with Crippen LogP contribution in [0.1, 0.15) is 46.5 Å². The summed E-state index contributed by atoms with van der Waals surface area (Å²) in [6.07, 6.45) is 4.74. The van der Waals surface area contributed by atoms with Crippen LogP contribution in [0.4, 0.5) is 0 Å². The van der Waals surface area contributed by atoms with Crippen LogP contribution < -0.4 is 0 Å². The quantitative estimate of drug-likeness (QED) is 0.585. The number of carbonyl (C=O) groups excluding carboxylic acids is 1. The first-order valence-electron chi connectivity index (χ1n) is 7.34. The number of methoxy groups -OCH3 is 1. The van der Waals surface area contributed by atoms with Crippen molar-refractivity contribution in [1.29, 1.82) is 0 Å². The number of rotatable bonds is 3. The van der Waals surface area contributed by atoms with Crippen LogP contribution >= 0.6 is 0 Å². The molecule has 0 aliphatic heterocycles. The maximum absolute atomic E-state index is 11.4. The Labute approximate surface area is 118 Å². The van der Waals surface area contributed by atoms with Crippen molar-refractivity contribution < 1.29 is 14.0 Å². The van der Waals surface area contributed by atoms with E-state index >= 15 is 0 Å². The molecule has 19 heavy (non-hydrogen) atoms. The molecule has 2 fully saturated rings. The molecule has 1 spiro atoms. The molecule has 2 saturated carbocycles. The standard InChI is InChI=1S/C15H28O3Si/c1-14(2,3)19(5,6)18-12-9-15(10-12)7-11(8-15)13(16)17-4/h11-12H,7-10H2,1-6H3. The average Bonchev–Trinajstić information content (AvgIpc) is 2.16. The van der Waals surface area contributed by atoms with Gasteiger partial charge in [0.1, 0.15) is 0 Å². The number of hydrogen-bond donors (Lipinski definition) is 0. The van der Waals surface area contributed by atoms with E-state index in [2.05, 4.69) is 33.9 Å². The van der Waals surface area contributed by atoms with Crippen molar-refractivity contribution in [3.8, 4) is 0 Å². The largest absolute Gasteiger partial charge is 0.469 e. The maximum atomic E-state index is 11.4. The van der Waals surface area contributed by atoms with E-state index in [4.69, 9.17) is 9.16 Å². The first-order valence-corrected chi connectivity index (χ1v) is 10.3. The normalized spacial score (nSPS) is 34.6. The Kier molecular flexibility index (Phi) is 3.63. The molecule has 0 bridgehead atoms. The SMILES string of the molecule is COC(=O)C1CC2(CC(O[Si](C)(C)C(C)(C)C)C2)C1. The Morgan fingerprint density at radius 3 is 2.11 bits per heavy atom. The van der Waals surface area contributed by atoms with Crippen molar-refractivity contribution in [1.82, 2.24) is 0 Å². The second kappa shape index (κ2) is 4.59. The van der Waals surface area contributed by atoms with E-state index in [1.165, 1.54) is 7.11 Å². The molecule has 0 saturated heterocycles. The zero-order valence-corrected chi connectivity index (χ0v) is 14.2. The fraction of sp³-hybridized carbons (Fsp3) is 0.933. The van der Waals surface area contributed by atoms with E-state index < -0.39 is 8.32 Å². The molecule has 2 rings (SSSR count). The Morgan fingerprint density at radius 2 is 1.68 bits per heavy atom. The van der Waals surface area contributed by atoms with Crippen LogP contribution in [0.5, 0.6) is 0 Å². The molecule has 0 N–H and O–H groups in total. The molecular formula is C15H28O3Si. The summed E-state index contributed by atoms with van der Waals surface area (Å²) in [6, 6.07) is 0. The second-order valence-corrected chi connectivity index (χ2v) is 12.8. The molecule has 2 aliphatic rings. The molecular weight excluding hydrogens is 256 g/mol. The van der Waals surface area contributed by atoms with Crippen LogP contribution in [-0.2, 0) is 14.0 Å². The van der Waals surface area contributed by atoms with Crippen molar-refractivity contribution in [2.75, 3.05) is 7.11 Å². The number of ether oxygens (including phenoxy) is 1. The molecule has 0 aromatic carbocycles. The van der Waals surface area contributed by atoms with Gasteiger partial charge in [0.25, 0.3) is 0 Å². The minimum absolute atomic E-state index is 0.0283. The summed E-state index contributed by atoms with van der Waals surface area (Å²) >= 11 is 0. The van der Waals surface area contributed by atoms with Crippen molar-refractivity contribution in [3.05, 3.63) is 0 Å². The number of carbonyl (C=O) groups is 1. The third-order valence-electron chi connectivity index (χ3n) is 5.48. The van der Waals surface area contributed by atoms with Gasteiger partial charge in [0.05, 0.1) is 13.0 Å². The molecule has 110 valence electrons. The van der Waals surface area contributed by atoms with Crippen LogP contribution in [0, 0.1) is 11.3 Å². The Bertz CT molecular complexity index is 356. The molecule has 0 aromatic rings. The highest BCUT2D eigenvalue weighted by atomic mass is 28.4. The topological polar surface area (TPSA) is 35.5 Å². The van der Waals surface area contributed by atoms with Gasteiger partial charge in [0.15, 0.2) is 8.32 Å². The van der Waals surface area contributed by atoms with Gasteiger partial charge in [-0.25, -0.2) is 0 Å². The van der Waals surface area contributed by atoms with Gasteiger partial charge in [-0.2, -0.15) is 0 Å². The third-order valence-corrected chi connectivity index (χ3v) is 10.0. The van der Waals surface area contributed by atoms with Crippen molar-refractivity contribution in [2.24, 2.45) is 11.3 Å². The van der Waals surface area contributed by atoms with Crippen molar-refractivity contribution in [3.63, 3.8) is 0 Å². The van der Waals surface area contributed by atoms with E-state index in [1.807, 2.05) is 0 Å². The van der Waals surface area contributed by atoms with Gasteiger partial charge in [-0.3, -0.25) is 4.79 Å². The minimum Gasteiger partial charge on any atom is -0.469 e. The highest BCUT2D eigenvalue weighted by Crippen LogP contribution is 2.60. The van der Waals surface area contributed by atoms with Crippen LogP contribution in [0.2, 0.25) is 18.1 Å². The number of esters is 1. The Morgan fingerprint density at radius 1 is 1.16 bits per heavy atom. The predicted octanol–water partition coefficient (Wildman–Crippen LogP) is 3.74. The first kappa shape index (κ1) is 15.0. The molecule has 4 heteroatoms. The Balaban J connectivity index is 1.78. The molecule has 0 radical (unpaired) electrons. The van der Waals surface area contributed by atoms with E-state index in [0.29, 0.717) is 11.5 Å². The Hall–Kier alpha value is -0.353. The molecule has 0 amide bonds. The lowest BCUT2D eigenvalue weighted by atomic mass is 9.51. The zero-order chi connectivity index (χ0) is 14.5. The first-order chi connectivity index (χ1) is 8.59. The van der Waals surface area contributed by atoms with Gasteiger partial charge in [-0.15, -0.1) is 0 Å². The van der Waals surface area contributed by atoms with Gasteiger partial charge in [0, 0.05) is 6.10 Å². The van der Waals surface area contributed by atoms with Gasteiger partial charge in [0.2, 0.25) is 0 Å². The summed E-state index contributed by atoms with van der Waals surface area (Å²) in [7, 11) is -0.143. The van der Waals surface area contributed by atoms with Crippen molar-refractivity contribution in [2.45, 2.75) is 70.7 Å². The lowest BCUT2D eigenvalue weighted by Gasteiger charge is -2.58. The predicted molar refractivity (Wildman–Crippen MR) is 78.5 cm³/mol. The van der Waals surface area contributed by atoms with E-state index in [-0.39, 0.29) is 16.9 Å². The van der Waals surface area contributed by atoms with Gasteiger partial charge < -0.3 is 9.16 Å². The van der Waals surface area contributed by atoms with Gasteiger partial charge >= 0.3 is 5.97 Å². The summed E-state index contributed by atoms with van der Waals surface area (Å²) < 4.78 is 11.2. The van der Waals surface area contributed by atoms with Crippen LogP contribution in [0.15, 0.2) is 0 Å². The summed E-state index contributed by atoms with van der Waals surface area (Å²) in [5, 5.41) is 0.282. The van der Waals surface area contributed by atoms with Crippen molar-refractivity contribution >= 4 is 14.3 Å². The maximum Gasteiger partial charge on any atom is 0.308 e. The van der Waals surface area contributed by atoms with Crippen LogP contribution in [-0.4, -0.2) is 27.5 Å². The third kappa shape index (κ3) is 2.75. The van der Waals surface area contributed by atoms with E-state index in [9.17, 15) is 4.79 Å². The smallest absolute Gasteiger partial charge is 0.308 e. The highest BCUT2D eigenvalue weighted by molar-refractivity contribution is 6.74. The summed E-state index contributed by atoms with van der Waals surface area (Å²) in [4.78, 5) is 11.4. The molecule has 0 heterocycles. The van der Waals surface area contributed by atoms with Crippen LogP contribution in [0.25, 0.3) is 0 Å². The fourth-order valence-electron chi connectivity index (χ4n) is 3.24. The van der Waals surface area contributed by atoms with E-state index in [0.717, 1.165) is 25.7 Å². The average molecular weight is 284 g/mol. The zero-order valence-electron chi connectivity index (χ0n) is 13.2. The molecule has 0 atom stereocenters. The molecule has 0 unspecified atom stereocenters. The number of hydrogen-bond acceptors (Lipinski definition) is 3. The lowest BCUT2D eigenvalue weighted by Crippen LogP contribution is -2.56. The monoisotopic (exact) mass is 284 g/mol. The van der Waals surface area contributed by atoms with Gasteiger partial charge in [-0.05, 0) is 49.2 Å². The second-order valence-electron chi connectivity index (χ2n) is 8.04. The summed E-state index contributed by atoms with van der Waals surface area (Å²) in [5.41, 5.74) is 0.409. The van der Waals surface area contributed by atoms with Crippen LogP contribution in [0.3, 0.4) is 0 Å². The minimum atomic E-state index is -1.63. The summed E-state index contributed by atoms with van der Waals surface area (Å²) in [6.45, 7) is 11.5. The molecule has 3 nitrogen and oxygen atoms in total. The van der Waals surface area contributed by atoms with Gasteiger partial charge in [-0.1, -0.05) is 20.8 Å². The lowest BCUT2D eigenvalue weighted by molar-refractivity contribution is -0.165. The summed E-state index contributed by atoms with van der Waals surface area (Å²) in [5.74, 6) is 0.123. The van der Waals surface area contributed by atoms with E-state index in [1.54, 1.807) is 0 Å². The molecule has 2 aliphatic carbocycles. The molecule has 0 aromatic heterocycles. The highest BCUT2D eigenvalue weighted by Gasteiger charge is 2.56. The fourth-order valence-corrected chi connectivity index (χ4v) is 4.59.